The van der Waals surface area contributed by atoms with Crippen LogP contribution in [0, 0.1) is 50.7 Å². The van der Waals surface area contributed by atoms with Crippen LogP contribution in [0.5, 0.6) is 0 Å². The van der Waals surface area contributed by atoms with Crippen LogP contribution in [0.1, 0.15) is 92.9 Å². The predicted molar refractivity (Wildman–Crippen MR) is 157 cm³/mol. The summed E-state index contributed by atoms with van der Waals surface area (Å²) < 4.78 is 25.9. The molecule has 5 aliphatic carbocycles. The van der Waals surface area contributed by atoms with Gasteiger partial charge < -0.3 is 39.4 Å². The number of rotatable bonds is 3. The maximum absolute atomic E-state index is 12.6. The summed E-state index contributed by atoms with van der Waals surface area (Å²) in [5.74, 6) is 0.477. The molecule has 3 heterocycles. The number of hydrogen-bond acceptors (Lipinski definition) is 8. The summed E-state index contributed by atoms with van der Waals surface area (Å²) in [6.07, 6.45) is 2.97. The average molecular weight is 603 g/mol. The van der Waals surface area contributed by atoms with E-state index >= 15 is 0 Å². The molecule has 43 heavy (non-hydrogen) atoms. The van der Waals surface area contributed by atoms with Crippen LogP contribution in [0.2, 0.25) is 0 Å². The minimum atomic E-state index is -1.27. The summed E-state index contributed by atoms with van der Waals surface area (Å²) in [5, 5.41) is 43.4. The van der Waals surface area contributed by atoms with Gasteiger partial charge in [-0.1, -0.05) is 41.2 Å². The molecule has 4 N–H and O–H groups in total. The van der Waals surface area contributed by atoms with Crippen LogP contribution < -0.4 is 0 Å². The number of aliphatic hydroxyl groups excluding tert-OH is 4. The average Bonchev–Trinajstić information content (AvgIpc) is 3.46. The number of fused-ring (bicyclic) bond motifs is 4. The molecule has 3 saturated heterocycles. The van der Waals surface area contributed by atoms with Crippen LogP contribution in [0.3, 0.4) is 0 Å². The van der Waals surface area contributed by atoms with Crippen molar-refractivity contribution in [3.63, 3.8) is 0 Å². The van der Waals surface area contributed by atoms with Crippen molar-refractivity contribution in [2.24, 2.45) is 50.7 Å². The Hall–Kier alpha value is -0.580. The Morgan fingerprint density at radius 1 is 0.884 bits per heavy atom. The molecule has 242 valence electrons. The van der Waals surface area contributed by atoms with Crippen LogP contribution in [0.15, 0.2) is 12.2 Å². The summed E-state index contributed by atoms with van der Waals surface area (Å²) in [4.78, 5) is 0. The lowest BCUT2D eigenvalue weighted by molar-refractivity contribution is -0.303. The van der Waals surface area contributed by atoms with Gasteiger partial charge in [-0.05, 0) is 103 Å². The molecule has 0 unspecified atom stereocenters. The summed E-state index contributed by atoms with van der Waals surface area (Å²) in [6.45, 7) is 18.1. The molecule has 2 bridgehead atoms. The standard InChI is InChI=1S/C35H54O8/c1-17(2)26-20-14-18(3)27-31(6)12-13-34-16-33(34)11-10-23(41-28-25(38)24(37)19(36)15-40-28)30(4,5)21(33)8-9-22(34)32(31,7)29(39)35(27,42-20)43-26/h18-29,36-39H,1,8-16H2,2-7H3/t18-,19+,20+,21+,22+,23+,24+,25-,26+,27-,28+,29-,31-,32-,33-,34-,35+/m1/s1. The minimum absolute atomic E-state index is 0.0326. The molecule has 0 radical (unpaired) electrons. The van der Waals surface area contributed by atoms with Crippen molar-refractivity contribution in [3.05, 3.63) is 12.2 Å². The zero-order valence-corrected chi connectivity index (χ0v) is 26.9. The van der Waals surface area contributed by atoms with Crippen LogP contribution >= 0.6 is 0 Å². The summed E-state index contributed by atoms with van der Waals surface area (Å²) >= 11 is 0. The van der Waals surface area contributed by atoms with Gasteiger partial charge in [0.2, 0.25) is 0 Å². The highest BCUT2D eigenvalue weighted by Gasteiger charge is 2.88. The van der Waals surface area contributed by atoms with Crippen LogP contribution in [-0.2, 0) is 18.9 Å². The topological polar surface area (TPSA) is 118 Å². The van der Waals surface area contributed by atoms with E-state index in [1.807, 2.05) is 6.92 Å². The number of aliphatic hydroxyl groups is 4. The van der Waals surface area contributed by atoms with Crippen LogP contribution in [-0.4, -0.2) is 81.8 Å². The fraction of sp³-hybridized carbons (Fsp3) is 0.943. The third kappa shape index (κ3) is 3.26. The molecule has 0 aromatic heterocycles. The summed E-state index contributed by atoms with van der Waals surface area (Å²) in [6, 6.07) is 0. The van der Waals surface area contributed by atoms with Crippen LogP contribution in [0.25, 0.3) is 0 Å². The van der Waals surface area contributed by atoms with E-state index in [1.54, 1.807) is 0 Å². The van der Waals surface area contributed by atoms with E-state index in [-0.39, 0.29) is 57.9 Å². The van der Waals surface area contributed by atoms with Gasteiger partial charge in [0.05, 0.1) is 18.8 Å². The molecule has 17 atom stereocenters. The Bertz CT molecular complexity index is 1210. The first kappa shape index (κ1) is 29.8. The van der Waals surface area contributed by atoms with Crippen molar-refractivity contribution in [2.75, 3.05) is 6.61 Å². The molecule has 3 spiro atoms. The first-order valence-electron chi connectivity index (χ1n) is 17.1. The van der Waals surface area contributed by atoms with Gasteiger partial charge in [-0.25, -0.2) is 0 Å². The molecular formula is C35H54O8. The lowest BCUT2D eigenvalue weighted by Crippen LogP contribution is -2.61. The maximum atomic E-state index is 12.6. The van der Waals surface area contributed by atoms with E-state index < -0.39 is 36.5 Å². The van der Waals surface area contributed by atoms with E-state index in [4.69, 9.17) is 18.9 Å². The second-order valence-corrected chi connectivity index (χ2v) is 17.5. The lowest BCUT2D eigenvalue weighted by atomic mass is 9.41. The molecule has 8 heteroatoms. The van der Waals surface area contributed by atoms with Crippen molar-refractivity contribution in [2.45, 2.75) is 148 Å². The maximum Gasteiger partial charge on any atom is 0.199 e. The molecular weight excluding hydrogens is 548 g/mol. The zero-order chi connectivity index (χ0) is 30.7. The molecule has 0 aromatic rings. The minimum Gasteiger partial charge on any atom is -0.388 e. The smallest absolute Gasteiger partial charge is 0.199 e. The zero-order valence-electron chi connectivity index (χ0n) is 26.9. The van der Waals surface area contributed by atoms with Gasteiger partial charge >= 0.3 is 0 Å². The van der Waals surface area contributed by atoms with Gasteiger partial charge in [-0.15, -0.1) is 0 Å². The van der Waals surface area contributed by atoms with E-state index in [9.17, 15) is 20.4 Å². The highest BCUT2D eigenvalue weighted by atomic mass is 16.8. The van der Waals surface area contributed by atoms with Gasteiger partial charge in [0.25, 0.3) is 0 Å². The molecule has 8 aliphatic rings. The van der Waals surface area contributed by atoms with Gasteiger partial charge in [0, 0.05) is 11.3 Å². The van der Waals surface area contributed by atoms with Crippen molar-refractivity contribution >= 4 is 0 Å². The summed E-state index contributed by atoms with van der Waals surface area (Å²) in [5.41, 5.74) is 0.877. The second kappa shape index (κ2) is 8.85. The monoisotopic (exact) mass is 602 g/mol. The third-order valence-electron chi connectivity index (χ3n) is 15.7. The normalized spacial score (nSPS) is 62.8. The largest absolute Gasteiger partial charge is 0.388 e. The van der Waals surface area contributed by atoms with E-state index in [2.05, 4.69) is 41.2 Å². The molecule has 0 amide bonds. The number of hydrogen-bond donors (Lipinski definition) is 4. The van der Waals surface area contributed by atoms with Gasteiger partial charge in [-0.3, -0.25) is 0 Å². The Morgan fingerprint density at radius 2 is 1.58 bits per heavy atom. The SMILES string of the molecule is C=C(C)[C@@H]1O[C@@]23O[C@H]1C[C@@H](C)[C@@H]2[C@@]1(C)CC[C@]24C[C@@]25CC[C@H](O[C@@H]2OC[C@H](O)[C@H](O)[C@H]2O)C(C)(C)[C@@H]5CC[C@H]4[C@]1(C)[C@H]3O. The molecule has 0 aromatic carbocycles. The Morgan fingerprint density at radius 3 is 2.30 bits per heavy atom. The van der Waals surface area contributed by atoms with Crippen molar-refractivity contribution in [1.82, 2.24) is 0 Å². The first-order valence-corrected chi connectivity index (χ1v) is 17.1. The molecule has 5 saturated carbocycles. The molecule has 8 fully saturated rings. The van der Waals surface area contributed by atoms with E-state index in [1.165, 1.54) is 12.8 Å². The van der Waals surface area contributed by atoms with Gasteiger partial charge in [0.15, 0.2) is 12.1 Å². The quantitative estimate of drug-likeness (QED) is 0.284. The fourth-order valence-electron chi connectivity index (χ4n) is 13.8. The highest BCUT2D eigenvalue weighted by Crippen LogP contribution is 2.90. The Labute approximate surface area is 256 Å². The van der Waals surface area contributed by atoms with Crippen molar-refractivity contribution in [1.29, 1.82) is 0 Å². The van der Waals surface area contributed by atoms with Crippen LogP contribution in [0.4, 0.5) is 0 Å². The number of ether oxygens (including phenoxy) is 4. The highest BCUT2D eigenvalue weighted by molar-refractivity contribution is 5.34. The second-order valence-electron chi connectivity index (χ2n) is 17.5. The van der Waals surface area contributed by atoms with Gasteiger partial charge in [0.1, 0.15) is 30.5 Å². The predicted octanol–water partition coefficient (Wildman–Crippen LogP) is 3.93. The van der Waals surface area contributed by atoms with Crippen molar-refractivity contribution in [3.8, 4) is 0 Å². The Kier molecular flexibility index (Phi) is 6.14. The molecule has 8 nitrogen and oxygen atoms in total. The fourth-order valence-corrected chi connectivity index (χ4v) is 13.8. The first-order chi connectivity index (χ1) is 20.1. The summed E-state index contributed by atoms with van der Waals surface area (Å²) in [7, 11) is 0. The molecule has 3 aliphatic heterocycles. The Balaban J connectivity index is 1.10. The van der Waals surface area contributed by atoms with E-state index in [0.717, 1.165) is 44.1 Å². The molecule has 8 rings (SSSR count). The third-order valence-corrected chi connectivity index (χ3v) is 15.7. The van der Waals surface area contributed by atoms with Crippen molar-refractivity contribution < 1.29 is 39.4 Å². The van der Waals surface area contributed by atoms with Gasteiger partial charge in [-0.2, -0.15) is 0 Å². The van der Waals surface area contributed by atoms with E-state index in [0.29, 0.717) is 17.8 Å². The lowest BCUT2D eigenvalue weighted by Gasteiger charge is -2.63.